The Kier molecular flexibility index (Phi) is 6.01. The molecule has 1 aliphatic heterocycles. The third-order valence-corrected chi connectivity index (χ3v) is 4.52. The molecule has 1 aromatic heterocycles. The molecule has 0 spiro atoms. The molecule has 1 fully saturated rings. The third-order valence-electron chi connectivity index (χ3n) is 4.52. The second-order valence-corrected chi connectivity index (χ2v) is 6.36. The standard InChI is InChI=1S/C20H25N3O2/c1-17-14-21-9-8-19(17)22-10-5-11-23(13-12-22)20(24)16-25-15-18-6-3-2-4-7-18/h2-4,6-9,14H,5,10-13,15-16H2,1H3. The first-order valence-corrected chi connectivity index (χ1v) is 8.79. The van der Waals surface area contributed by atoms with Crippen LogP contribution in [0.3, 0.4) is 0 Å². The van der Waals surface area contributed by atoms with Crippen LogP contribution in [-0.2, 0) is 16.1 Å². The van der Waals surface area contributed by atoms with E-state index >= 15 is 0 Å². The zero-order valence-electron chi connectivity index (χ0n) is 14.7. The molecular formula is C20H25N3O2. The topological polar surface area (TPSA) is 45.7 Å². The number of pyridine rings is 1. The smallest absolute Gasteiger partial charge is 0.248 e. The Labute approximate surface area is 149 Å². The molecular weight excluding hydrogens is 314 g/mol. The Bertz CT molecular complexity index is 690. The molecule has 0 bridgehead atoms. The highest BCUT2D eigenvalue weighted by Gasteiger charge is 2.20. The molecule has 0 unspecified atom stereocenters. The number of nitrogens with zero attached hydrogens (tertiary/aromatic N) is 3. The fourth-order valence-corrected chi connectivity index (χ4v) is 3.15. The van der Waals surface area contributed by atoms with Crippen LogP contribution >= 0.6 is 0 Å². The zero-order chi connectivity index (χ0) is 17.5. The first-order chi connectivity index (χ1) is 12.2. The summed E-state index contributed by atoms with van der Waals surface area (Å²) in [6.07, 6.45) is 4.68. The van der Waals surface area contributed by atoms with E-state index in [1.165, 1.54) is 11.3 Å². The van der Waals surface area contributed by atoms with Crippen molar-refractivity contribution in [3.8, 4) is 0 Å². The van der Waals surface area contributed by atoms with Crippen molar-refractivity contribution in [1.82, 2.24) is 9.88 Å². The van der Waals surface area contributed by atoms with E-state index in [1.54, 1.807) is 0 Å². The number of amides is 1. The Morgan fingerprint density at radius 1 is 1.12 bits per heavy atom. The maximum Gasteiger partial charge on any atom is 0.248 e. The van der Waals surface area contributed by atoms with Crippen molar-refractivity contribution < 1.29 is 9.53 Å². The number of rotatable bonds is 5. The summed E-state index contributed by atoms with van der Waals surface area (Å²) in [5.41, 5.74) is 3.48. The lowest BCUT2D eigenvalue weighted by Crippen LogP contribution is -2.37. The zero-order valence-corrected chi connectivity index (χ0v) is 14.7. The minimum atomic E-state index is 0.0734. The van der Waals surface area contributed by atoms with Crippen molar-refractivity contribution >= 4 is 11.6 Å². The maximum atomic E-state index is 12.4. The molecule has 0 radical (unpaired) electrons. The van der Waals surface area contributed by atoms with E-state index in [9.17, 15) is 4.79 Å². The number of aryl methyl sites for hydroxylation is 1. The molecule has 1 amide bonds. The van der Waals surface area contributed by atoms with Gasteiger partial charge in [-0.15, -0.1) is 0 Å². The number of hydrogen-bond acceptors (Lipinski definition) is 4. The monoisotopic (exact) mass is 339 g/mol. The number of anilines is 1. The molecule has 0 N–H and O–H groups in total. The van der Waals surface area contributed by atoms with Crippen LogP contribution in [0.2, 0.25) is 0 Å². The van der Waals surface area contributed by atoms with Gasteiger partial charge in [-0.25, -0.2) is 0 Å². The molecule has 2 aromatic rings. The average molecular weight is 339 g/mol. The van der Waals surface area contributed by atoms with Gasteiger partial charge in [0, 0.05) is 44.3 Å². The van der Waals surface area contributed by atoms with Gasteiger partial charge in [-0.2, -0.15) is 0 Å². The van der Waals surface area contributed by atoms with E-state index in [-0.39, 0.29) is 12.5 Å². The summed E-state index contributed by atoms with van der Waals surface area (Å²) in [6, 6.07) is 12.0. The van der Waals surface area contributed by atoms with Crippen molar-refractivity contribution in [2.24, 2.45) is 0 Å². The number of carbonyl (C=O) groups excluding carboxylic acids is 1. The molecule has 1 aromatic carbocycles. The third kappa shape index (κ3) is 4.79. The van der Waals surface area contributed by atoms with Crippen LogP contribution in [0.15, 0.2) is 48.8 Å². The van der Waals surface area contributed by atoms with Crippen molar-refractivity contribution in [3.05, 3.63) is 59.9 Å². The Morgan fingerprint density at radius 3 is 2.76 bits per heavy atom. The van der Waals surface area contributed by atoms with E-state index in [1.807, 2.05) is 47.6 Å². The van der Waals surface area contributed by atoms with Gasteiger partial charge in [0.05, 0.1) is 6.61 Å². The quantitative estimate of drug-likeness (QED) is 0.840. The number of carbonyl (C=O) groups is 1. The lowest BCUT2D eigenvalue weighted by atomic mass is 10.2. The average Bonchev–Trinajstić information content (AvgIpc) is 2.89. The Balaban J connectivity index is 1.49. The second kappa shape index (κ2) is 8.62. The maximum absolute atomic E-state index is 12.4. The van der Waals surface area contributed by atoms with Crippen molar-refractivity contribution in [3.63, 3.8) is 0 Å². The fraction of sp³-hybridized carbons (Fsp3) is 0.400. The molecule has 2 heterocycles. The highest BCUT2D eigenvalue weighted by molar-refractivity contribution is 5.77. The summed E-state index contributed by atoms with van der Waals surface area (Å²) < 4.78 is 5.59. The summed E-state index contributed by atoms with van der Waals surface area (Å²) in [7, 11) is 0. The highest BCUT2D eigenvalue weighted by atomic mass is 16.5. The van der Waals surface area contributed by atoms with Gasteiger partial charge in [0.1, 0.15) is 6.61 Å². The number of benzene rings is 1. The minimum absolute atomic E-state index is 0.0734. The van der Waals surface area contributed by atoms with E-state index in [4.69, 9.17) is 4.74 Å². The van der Waals surface area contributed by atoms with Gasteiger partial charge in [-0.1, -0.05) is 30.3 Å². The van der Waals surface area contributed by atoms with Gasteiger partial charge in [0.25, 0.3) is 0 Å². The van der Waals surface area contributed by atoms with Crippen molar-refractivity contribution in [2.45, 2.75) is 20.0 Å². The molecule has 5 heteroatoms. The van der Waals surface area contributed by atoms with Crippen LogP contribution in [0.4, 0.5) is 5.69 Å². The first kappa shape index (κ1) is 17.4. The minimum Gasteiger partial charge on any atom is -0.369 e. The van der Waals surface area contributed by atoms with E-state index < -0.39 is 0 Å². The van der Waals surface area contributed by atoms with Crippen LogP contribution in [-0.4, -0.2) is 48.6 Å². The molecule has 0 aliphatic carbocycles. The Morgan fingerprint density at radius 2 is 1.96 bits per heavy atom. The molecule has 1 saturated heterocycles. The summed E-state index contributed by atoms with van der Waals surface area (Å²) in [6.45, 7) is 6.01. The molecule has 25 heavy (non-hydrogen) atoms. The van der Waals surface area contributed by atoms with Crippen LogP contribution in [0.1, 0.15) is 17.5 Å². The Hall–Kier alpha value is -2.40. The number of hydrogen-bond donors (Lipinski definition) is 0. The molecule has 1 aliphatic rings. The van der Waals surface area contributed by atoms with Gasteiger partial charge in [-0.05, 0) is 30.5 Å². The van der Waals surface area contributed by atoms with E-state index in [2.05, 4.69) is 22.9 Å². The summed E-state index contributed by atoms with van der Waals surface area (Å²) in [5, 5.41) is 0. The predicted molar refractivity (Wildman–Crippen MR) is 98.5 cm³/mol. The number of aromatic nitrogens is 1. The van der Waals surface area contributed by atoms with Gasteiger partial charge in [0.2, 0.25) is 5.91 Å². The number of ether oxygens (including phenoxy) is 1. The normalized spacial score (nSPS) is 15.1. The van der Waals surface area contributed by atoms with Gasteiger partial charge in [-0.3, -0.25) is 9.78 Å². The molecule has 3 rings (SSSR count). The van der Waals surface area contributed by atoms with Crippen LogP contribution in [0.25, 0.3) is 0 Å². The summed E-state index contributed by atoms with van der Waals surface area (Å²) >= 11 is 0. The molecule has 132 valence electrons. The fourth-order valence-electron chi connectivity index (χ4n) is 3.15. The molecule has 0 atom stereocenters. The summed E-state index contributed by atoms with van der Waals surface area (Å²) in [5.74, 6) is 0.0734. The second-order valence-electron chi connectivity index (χ2n) is 6.36. The SMILES string of the molecule is Cc1cnccc1N1CCCN(C(=O)COCc2ccccc2)CC1. The van der Waals surface area contributed by atoms with Gasteiger partial charge in [0.15, 0.2) is 0 Å². The van der Waals surface area contributed by atoms with Gasteiger partial charge >= 0.3 is 0 Å². The largest absolute Gasteiger partial charge is 0.369 e. The van der Waals surface area contributed by atoms with E-state index in [0.717, 1.165) is 38.2 Å². The highest BCUT2D eigenvalue weighted by Crippen LogP contribution is 2.20. The van der Waals surface area contributed by atoms with E-state index in [0.29, 0.717) is 6.61 Å². The van der Waals surface area contributed by atoms with Crippen molar-refractivity contribution in [2.75, 3.05) is 37.7 Å². The van der Waals surface area contributed by atoms with Crippen LogP contribution in [0, 0.1) is 6.92 Å². The van der Waals surface area contributed by atoms with Crippen LogP contribution < -0.4 is 4.90 Å². The molecule has 0 saturated carbocycles. The van der Waals surface area contributed by atoms with Crippen molar-refractivity contribution in [1.29, 1.82) is 0 Å². The first-order valence-electron chi connectivity index (χ1n) is 8.79. The lowest BCUT2D eigenvalue weighted by Gasteiger charge is -2.25. The molecule has 5 nitrogen and oxygen atoms in total. The van der Waals surface area contributed by atoms with Crippen LogP contribution in [0.5, 0.6) is 0 Å². The summed E-state index contributed by atoms with van der Waals surface area (Å²) in [4.78, 5) is 20.8. The van der Waals surface area contributed by atoms with Gasteiger partial charge < -0.3 is 14.5 Å². The lowest BCUT2D eigenvalue weighted by molar-refractivity contribution is -0.136. The predicted octanol–water partition coefficient (Wildman–Crippen LogP) is 2.65.